The lowest BCUT2D eigenvalue weighted by Crippen LogP contribution is -2.34. The van der Waals surface area contributed by atoms with Gasteiger partial charge in [0.25, 0.3) is 5.56 Å². The van der Waals surface area contributed by atoms with E-state index in [2.05, 4.69) is 25.6 Å². The van der Waals surface area contributed by atoms with Gasteiger partial charge in [-0.3, -0.25) is 14.2 Å². The molecule has 3 aromatic carbocycles. The molecular weight excluding hydrogens is 549 g/mol. The van der Waals surface area contributed by atoms with Crippen LogP contribution in [0, 0.1) is 0 Å². The van der Waals surface area contributed by atoms with E-state index in [-0.39, 0.29) is 17.5 Å². The molecule has 0 aliphatic heterocycles. The summed E-state index contributed by atoms with van der Waals surface area (Å²) in [5.74, 6) is -0.338. The molecule has 11 heteroatoms. The normalized spacial score (nSPS) is 11.9. The van der Waals surface area contributed by atoms with Gasteiger partial charge in [-0.25, -0.2) is 9.67 Å². The van der Waals surface area contributed by atoms with Crippen LogP contribution in [0.1, 0.15) is 11.6 Å². The van der Waals surface area contributed by atoms with Gasteiger partial charge in [0.2, 0.25) is 5.91 Å². The molecule has 0 aliphatic rings. The van der Waals surface area contributed by atoms with Crippen molar-refractivity contribution in [2.75, 3.05) is 5.32 Å². The number of aromatic amines is 1. The lowest BCUT2D eigenvalue weighted by atomic mass is 10.0. The molecule has 40 heavy (non-hydrogen) atoms. The summed E-state index contributed by atoms with van der Waals surface area (Å²) in [6.45, 7) is 0. The molecule has 6 rings (SSSR count). The van der Waals surface area contributed by atoms with E-state index in [9.17, 15) is 9.59 Å². The summed E-state index contributed by atoms with van der Waals surface area (Å²) in [5, 5.41) is 12.4. The lowest BCUT2D eigenvalue weighted by molar-refractivity contribution is -0.119. The fraction of sp³-hybridized carbons (Fsp3) is 0.0690. The maximum atomic E-state index is 13.7. The third-order valence-electron chi connectivity index (χ3n) is 6.55. The van der Waals surface area contributed by atoms with E-state index >= 15 is 0 Å². The van der Waals surface area contributed by atoms with E-state index in [0.29, 0.717) is 27.7 Å². The Balaban J connectivity index is 1.39. The molecule has 1 amide bonds. The number of rotatable bonds is 7. The molecule has 0 saturated heterocycles. The maximum absolute atomic E-state index is 13.7. The minimum atomic E-state index is -0.862. The molecule has 0 saturated carbocycles. The molecule has 0 aliphatic carbocycles. The number of amides is 1. The minimum Gasteiger partial charge on any atom is -0.361 e. The van der Waals surface area contributed by atoms with Gasteiger partial charge in [-0.05, 0) is 42.0 Å². The number of anilines is 1. The Morgan fingerprint density at radius 3 is 2.62 bits per heavy atom. The van der Waals surface area contributed by atoms with Crippen LogP contribution in [0.2, 0.25) is 10.2 Å². The predicted molar refractivity (Wildman–Crippen MR) is 155 cm³/mol. The third kappa shape index (κ3) is 5.12. The summed E-state index contributed by atoms with van der Waals surface area (Å²) >= 11 is 12.3. The second kappa shape index (κ2) is 10.8. The van der Waals surface area contributed by atoms with Gasteiger partial charge in [0, 0.05) is 40.2 Å². The van der Waals surface area contributed by atoms with Crippen molar-refractivity contribution in [1.82, 2.24) is 29.5 Å². The van der Waals surface area contributed by atoms with Gasteiger partial charge in [-0.1, -0.05) is 64.8 Å². The number of hydrogen-bond acceptors (Lipinski definition) is 5. The van der Waals surface area contributed by atoms with Gasteiger partial charge < -0.3 is 10.3 Å². The van der Waals surface area contributed by atoms with Crippen molar-refractivity contribution < 1.29 is 4.79 Å². The first-order chi connectivity index (χ1) is 19.5. The van der Waals surface area contributed by atoms with Crippen LogP contribution in [0.25, 0.3) is 27.8 Å². The maximum Gasteiger partial charge on any atom is 0.254 e. The fourth-order valence-corrected chi connectivity index (χ4v) is 4.93. The zero-order chi connectivity index (χ0) is 27.6. The number of nitrogens with one attached hydrogen (secondary N) is 2. The smallest absolute Gasteiger partial charge is 0.254 e. The van der Waals surface area contributed by atoms with Gasteiger partial charge >= 0.3 is 0 Å². The zero-order valence-electron chi connectivity index (χ0n) is 20.8. The Kier molecular flexibility index (Phi) is 6.90. The first kappa shape index (κ1) is 25.5. The molecule has 9 nitrogen and oxygen atoms in total. The van der Waals surface area contributed by atoms with E-state index in [1.54, 1.807) is 24.4 Å². The number of carbonyl (C=O) groups is 1. The second-order valence-corrected chi connectivity index (χ2v) is 9.93. The molecule has 198 valence electrons. The van der Waals surface area contributed by atoms with Crippen molar-refractivity contribution in [3.05, 3.63) is 124 Å². The standard InChI is InChI=1S/C29H21Cl2N7O2/c30-19-9-10-25(38-16-27(31)35-36-38)21(14-19)24-15-28(39)37(17-33-24)26(13-18-5-2-1-3-6-18)29(40)34-23-8-4-7-22-20(23)11-12-32-22/h1-12,14-17,26,32H,13H2,(H,34,40)/t26-/m0/s1. The van der Waals surface area contributed by atoms with E-state index in [1.165, 1.54) is 21.6 Å². The molecular formula is C29H21Cl2N7O2. The molecule has 2 N–H and O–H groups in total. The molecule has 0 spiro atoms. The Morgan fingerprint density at radius 2 is 1.85 bits per heavy atom. The van der Waals surface area contributed by atoms with Crippen LogP contribution in [-0.2, 0) is 11.2 Å². The lowest BCUT2D eigenvalue weighted by Gasteiger charge is -2.20. The molecule has 0 radical (unpaired) electrons. The van der Waals surface area contributed by atoms with Gasteiger partial charge in [-0.15, -0.1) is 5.10 Å². The number of nitrogens with zero attached hydrogens (tertiary/aromatic N) is 5. The monoisotopic (exact) mass is 569 g/mol. The quantitative estimate of drug-likeness (QED) is 0.256. The number of halogens is 2. The zero-order valence-corrected chi connectivity index (χ0v) is 22.3. The Labute approximate surface area is 238 Å². The molecule has 3 aromatic heterocycles. The number of hydrogen-bond donors (Lipinski definition) is 2. The van der Waals surface area contributed by atoms with E-state index in [0.717, 1.165) is 16.5 Å². The summed E-state index contributed by atoms with van der Waals surface area (Å²) < 4.78 is 2.83. The fourth-order valence-electron chi connectivity index (χ4n) is 4.63. The van der Waals surface area contributed by atoms with Crippen LogP contribution in [-0.4, -0.2) is 35.4 Å². The summed E-state index contributed by atoms with van der Waals surface area (Å²) in [6.07, 6.45) is 5.03. The van der Waals surface area contributed by atoms with Crippen LogP contribution >= 0.6 is 23.2 Å². The van der Waals surface area contributed by atoms with Crippen LogP contribution in [0.3, 0.4) is 0 Å². The van der Waals surface area contributed by atoms with Gasteiger partial charge in [0.1, 0.15) is 6.04 Å². The highest BCUT2D eigenvalue weighted by molar-refractivity contribution is 6.31. The average molecular weight is 570 g/mol. The highest BCUT2D eigenvalue weighted by atomic mass is 35.5. The van der Waals surface area contributed by atoms with Crippen molar-refractivity contribution in [1.29, 1.82) is 0 Å². The summed E-state index contributed by atoms with van der Waals surface area (Å²) in [6, 6.07) is 22.7. The highest BCUT2D eigenvalue weighted by Crippen LogP contribution is 2.29. The highest BCUT2D eigenvalue weighted by Gasteiger charge is 2.24. The van der Waals surface area contributed by atoms with Crippen LogP contribution in [0.4, 0.5) is 5.69 Å². The number of carbonyl (C=O) groups excluding carboxylic acids is 1. The van der Waals surface area contributed by atoms with Crippen molar-refractivity contribution in [2.45, 2.75) is 12.5 Å². The molecule has 0 unspecified atom stereocenters. The van der Waals surface area contributed by atoms with Gasteiger partial charge in [-0.2, -0.15) is 0 Å². The van der Waals surface area contributed by atoms with Crippen LogP contribution in [0.15, 0.2) is 102 Å². The Hall–Kier alpha value is -4.73. The average Bonchev–Trinajstić information content (AvgIpc) is 3.62. The van der Waals surface area contributed by atoms with Crippen LogP contribution < -0.4 is 10.9 Å². The van der Waals surface area contributed by atoms with Crippen molar-refractivity contribution in [3.63, 3.8) is 0 Å². The number of H-pyrrole nitrogens is 1. The molecule has 0 bridgehead atoms. The first-order valence-electron chi connectivity index (χ1n) is 12.3. The first-order valence-corrected chi connectivity index (χ1v) is 13.1. The van der Waals surface area contributed by atoms with Gasteiger partial charge in [0.15, 0.2) is 5.15 Å². The summed E-state index contributed by atoms with van der Waals surface area (Å²) in [4.78, 5) is 35.0. The second-order valence-electron chi connectivity index (χ2n) is 9.11. The van der Waals surface area contributed by atoms with E-state index < -0.39 is 11.6 Å². The SMILES string of the molecule is O=C(Nc1cccc2[nH]ccc12)[C@H](Cc1ccccc1)n1cnc(-c2cc(Cl)ccc2-n2cc(Cl)nn2)cc1=O. The topological polar surface area (TPSA) is 110 Å². The third-order valence-corrected chi connectivity index (χ3v) is 6.95. The Morgan fingerprint density at radius 1 is 1.00 bits per heavy atom. The predicted octanol–water partition coefficient (Wildman–Crippen LogP) is 5.70. The summed E-state index contributed by atoms with van der Waals surface area (Å²) in [5.41, 5.74) is 3.55. The van der Waals surface area contributed by atoms with Crippen molar-refractivity contribution in [3.8, 4) is 16.9 Å². The summed E-state index contributed by atoms with van der Waals surface area (Å²) in [7, 11) is 0. The number of fused-ring (bicyclic) bond motifs is 1. The molecule has 6 aromatic rings. The Bertz CT molecular complexity index is 1900. The minimum absolute atomic E-state index is 0.217. The van der Waals surface area contributed by atoms with Gasteiger partial charge in [0.05, 0.1) is 29.6 Å². The largest absolute Gasteiger partial charge is 0.361 e. The molecule has 3 heterocycles. The van der Waals surface area contributed by atoms with Crippen molar-refractivity contribution >= 4 is 45.7 Å². The van der Waals surface area contributed by atoms with E-state index in [4.69, 9.17) is 23.2 Å². The molecule has 1 atom stereocenters. The van der Waals surface area contributed by atoms with Crippen molar-refractivity contribution in [2.24, 2.45) is 0 Å². The number of aromatic nitrogens is 6. The number of benzene rings is 3. The molecule has 0 fully saturated rings. The van der Waals surface area contributed by atoms with Crippen LogP contribution in [0.5, 0.6) is 0 Å². The van der Waals surface area contributed by atoms with E-state index in [1.807, 2.05) is 60.8 Å².